The van der Waals surface area contributed by atoms with E-state index in [-0.39, 0.29) is 6.09 Å². The van der Waals surface area contributed by atoms with Gasteiger partial charge in [0.25, 0.3) is 0 Å². The molecule has 0 saturated carbocycles. The lowest BCUT2D eigenvalue weighted by atomic mass is 10.00. The molecule has 1 saturated heterocycles. The summed E-state index contributed by atoms with van der Waals surface area (Å²) in [4.78, 5) is 13.8. The van der Waals surface area contributed by atoms with Crippen LogP contribution in [0.2, 0.25) is 0 Å². The Labute approximate surface area is 134 Å². The van der Waals surface area contributed by atoms with Crippen LogP contribution in [0.25, 0.3) is 0 Å². The molecule has 1 amide bonds. The Morgan fingerprint density at radius 2 is 2.32 bits per heavy atom. The highest BCUT2D eigenvalue weighted by Gasteiger charge is 2.25. The van der Waals surface area contributed by atoms with Crippen molar-refractivity contribution in [3.8, 4) is 0 Å². The molecule has 2 atom stereocenters. The molecule has 0 spiro atoms. The largest absolute Gasteiger partial charge is 0.444 e. The minimum Gasteiger partial charge on any atom is -0.444 e. The Hall–Kier alpha value is -1.07. The van der Waals surface area contributed by atoms with Crippen LogP contribution in [-0.2, 0) is 9.47 Å². The Morgan fingerprint density at radius 3 is 2.86 bits per heavy atom. The van der Waals surface area contributed by atoms with Crippen molar-refractivity contribution in [1.82, 2.24) is 10.2 Å². The predicted molar refractivity (Wildman–Crippen MR) is 86.9 cm³/mol. The highest BCUT2D eigenvalue weighted by Crippen LogP contribution is 2.18. The van der Waals surface area contributed by atoms with Crippen molar-refractivity contribution in [2.45, 2.75) is 52.2 Å². The number of amides is 1. The van der Waals surface area contributed by atoms with Gasteiger partial charge in [0, 0.05) is 32.3 Å². The SMILES string of the molecule is CC(NCC1=CCN(C(=O)OC(C)(C)C)CC1)C1CCOC1. The molecule has 2 unspecified atom stereocenters. The first kappa shape index (κ1) is 17.3. The van der Waals surface area contributed by atoms with Gasteiger partial charge < -0.3 is 19.7 Å². The van der Waals surface area contributed by atoms with Gasteiger partial charge in [0.2, 0.25) is 0 Å². The number of carbonyl (C=O) groups excluding carboxylic acids is 1. The lowest BCUT2D eigenvalue weighted by Crippen LogP contribution is -2.41. The van der Waals surface area contributed by atoms with Gasteiger partial charge in [-0.25, -0.2) is 4.79 Å². The summed E-state index contributed by atoms with van der Waals surface area (Å²) in [5, 5.41) is 3.59. The van der Waals surface area contributed by atoms with Crippen LogP contribution in [0.4, 0.5) is 4.79 Å². The van der Waals surface area contributed by atoms with Crippen LogP contribution in [0.15, 0.2) is 11.6 Å². The van der Waals surface area contributed by atoms with Crippen LogP contribution >= 0.6 is 0 Å². The Morgan fingerprint density at radius 1 is 1.55 bits per heavy atom. The van der Waals surface area contributed by atoms with Gasteiger partial charge >= 0.3 is 6.09 Å². The molecule has 0 aromatic carbocycles. The number of carbonyl (C=O) groups is 1. The maximum atomic E-state index is 12.0. The molecule has 0 bridgehead atoms. The molecule has 1 N–H and O–H groups in total. The predicted octanol–water partition coefficient (Wildman–Crippen LogP) is 2.57. The van der Waals surface area contributed by atoms with Crippen LogP contribution in [0.5, 0.6) is 0 Å². The lowest BCUT2D eigenvalue weighted by molar-refractivity contribution is 0.0265. The van der Waals surface area contributed by atoms with E-state index in [0.29, 0.717) is 18.5 Å². The van der Waals surface area contributed by atoms with Crippen LogP contribution in [0.3, 0.4) is 0 Å². The van der Waals surface area contributed by atoms with Crippen LogP contribution in [-0.4, -0.2) is 55.5 Å². The van der Waals surface area contributed by atoms with Crippen molar-refractivity contribution in [2.24, 2.45) is 5.92 Å². The Balaban J connectivity index is 1.73. The van der Waals surface area contributed by atoms with Crippen molar-refractivity contribution in [2.75, 3.05) is 32.8 Å². The molecule has 0 aliphatic carbocycles. The van der Waals surface area contributed by atoms with Gasteiger partial charge in [0.15, 0.2) is 0 Å². The second kappa shape index (κ2) is 7.47. The van der Waals surface area contributed by atoms with E-state index in [4.69, 9.17) is 9.47 Å². The molecule has 2 aliphatic rings. The Kier molecular flexibility index (Phi) is 5.87. The van der Waals surface area contributed by atoms with E-state index in [1.807, 2.05) is 20.8 Å². The van der Waals surface area contributed by atoms with Crippen LogP contribution in [0.1, 0.15) is 40.5 Å². The average molecular weight is 310 g/mol. The van der Waals surface area contributed by atoms with E-state index in [1.54, 1.807) is 4.90 Å². The topological polar surface area (TPSA) is 50.8 Å². The molecule has 5 nitrogen and oxygen atoms in total. The third-order valence-corrected chi connectivity index (χ3v) is 4.28. The van der Waals surface area contributed by atoms with Crippen molar-refractivity contribution in [3.63, 3.8) is 0 Å². The minimum absolute atomic E-state index is 0.216. The second-order valence-electron chi connectivity index (χ2n) is 7.33. The first-order valence-corrected chi connectivity index (χ1v) is 8.32. The molecule has 22 heavy (non-hydrogen) atoms. The number of rotatable bonds is 4. The zero-order valence-electron chi connectivity index (χ0n) is 14.4. The summed E-state index contributed by atoms with van der Waals surface area (Å²) < 4.78 is 10.8. The number of hydrogen-bond acceptors (Lipinski definition) is 4. The number of nitrogens with one attached hydrogen (secondary N) is 1. The van der Waals surface area contributed by atoms with Crippen molar-refractivity contribution < 1.29 is 14.3 Å². The molecule has 2 rings (SSSR count). The van der Waals surface area contributed by atoms with Crippen molar-refractivity contribution in [1.29, 1.82) is 0 Å². The monoisotopic (exact) mass is 310 g/mol. The van der Waals surface area contributed by atoms with Gasteiger partial charge in [0.05, 0.1) is 6.61 Å². The summed E-state index contributed by atoms with van der Waals surface area (Å²) in [6.07, 6.45) is 4.00. The van der Waals surface area contributed by atoms with E-state index in [1.165, 1.54) is 5.57 Å². The van der Waals surface area contributed by atoms with E-state index in [0.717, 1.165) is 39.1 Å². The molecule has 2 aliphatic heterocycles. The van der Waals surface area contributed by atoms with Crippen LogP contribution < -0.4 is 5.32 Å². The average Bonchev–Trinajstić information content (AvgIpc) is 2.97. The summed E-state index contributed by atoms with van der Waals surface area (Å²) in [7, 11) is 0. The zero-order valence-corrected chi connectivity index (χ0v) is 14.4. The molecule has 2 heterocycles. The smallest absolute Gasteiger partial charge is 0.410 e. The maximum Gasteiger partial charge on any atom is 0.410 e. The summed E-state index contributed by atoms with van der Waals surface area (Å²) in [5.74, 6) is 0.627. The zero-order chi connectivity index (χ0) is 16.2. The maximum absolute atomic E-state index is 12.0. The fraction of sp³-hybridized carbons (Fsp3) is 0.824. The molecular weight excluding hydrogens is 280 g/mol. The van der Waals surface area contributed by atoms with Gasteiger partial charge in [-0.15, -0.1) is 0 Å². The van der Waals surface area contributed by atoms with Gasteiger partial charge in [-0.05, 0) is 46.5 Å². The molecule has 1 fully saturated rings. The summed E-state index contributed by atoms with van der Waals surface area (Å²) in [5.41, 5.74) is 0.951. The molecule has 0 aromatic rings. The molecule has 0 radical (unpaired) electrons. The molecule has 0 aromatic heterocycles. The molecule has 126 valence electrons. The fourth-order valence-electron chi connectivity index (χ4n) is 2.77. The molecule has 5 heteroatoms. The van der Waals surface area contributed by atoms with Gasteiger partial charge in [-0.2, -0.15) is 0 Å². The minimum atomic E-state index is -0.429. The number of hydrogen-bond donors (Lipinski definition) is 1. The number of nitrogens with zero attached hydrogens (tertiary/aromatic N) is 1. The standard InChI is InChI=1S/C17H30N2O3/c1-13(15-7-10-21-12-15)18-11-14-5-8-19(9-6-14)16(20)22-17(2,3)4/h5,13,15,18H,6-12H2,1-4H3. The van der Waals surface area contributed by atoms with Crippen molar-refractivity contribution >= 4 is 6.09 Å². The van der Waals surface area contributed by atoms with E-state index < -0.39 is 5.60 Å². The van der Waals surface area contributed by atoms with Crippen LogP contribution in [0, 0.1) is 5.92 Å². The number of ether oxygens (including phenoxy) is 2. The van der Waals surface area contributed by atoms with Gasteiger partial charge in [0.1, 0.15) is 5.60 Å². The van der Waals surface area contributed by atoms with E-state index in [9.17, 15) is 4.79 Å². The third kappa shape index (κ3) is 5.29. The molecular formula is C17H30N2O3. The summed E-state index contributed by atoms with van der Waals surface area (Å²) in [6, 6.07) is 0.479. The van der Waals surface area contributed by atoms with Crippen molar-refractivity contribution in [3.05, 3.63) is 11.6 Å². The highest BCUT2D eigenvalue weighted by molar-refractivity contribution is 5.68. The summed E-state index contributed by atoms with van der Waals surface area (Å²) in [6.45, 7) is 12.0. The lowest BCUT2D eigenvalue weighted by Gasteiger charge is -2.30. The van der Waals surface area contributed by atoms with E-state index in [2.05, 4.69) is 18.3 Å². The van der Waals surface area contributed by atoms with Gasteiger partial charge in [-0.1, -0.05) is 11.6 Å². The fourth-order valence-corrected chi connectivity index (χ4v) is 2.77. The quantitative estimate of drug-likeness (QED) is 0.811. The third-order valence-electron chi connectivity index (χ3n) is 4.28. The summed E-state index contributed by atoms with van der Waals surface area (Å²) >= 11 is 0. The van der Waals surface area contributed by atoms with Gasteiger partial charge in [-0.3, -0.25) is 0 Å². The second-order valence-corrected chi connectivity index (χ2v) is 7.33. The Bertz CT molecular complexity index is 409. The first-order valence-electron chi connectivity index (χ1n) is 8.32. The normalized spacial score (nSPS) is 24.1. The van der Waals surface area contributed by atoms with E-state index >= 15 is 0 Å². The highest BCUT2D eigenvalue weighted by atomic mass is 16.6. The first-order chi connectivity index (χ1) is 10.3.